The van der Waals surface area contributed by atoms with Crippen LogP contribution in [0, 0.1) is 0 Å². The Morgan fingerprint density at radius 2 is 1.81 bits per heavy atom. The van der Waals surface area contributed by atoms with Crippen molar-refractivity contribution in [2.45, 2.75) is 12.3 Å². The highest BCUT2D eigenvalue weighted by Crippen LogP contribution is 2.42. The lowest BCUT2D eigenvalue weighted by Crippen LogP contribution is -2.60. The van der Waals surface area contributed by atoms with Crippen molar-refractivity contribution in [2.24, 2.45) is 0 Å². The number of ether oxygens (including phenoxy) is 1. The summed E-state index contributed by atoms with van der Waals surface area (Å²) in [5.74, 6) is -2.98. The molecule has 2 amide bonds. The molecule has 1 unspecified atom stereocenters. The van der Waals surface area contributed by atoms with E-state index in [0.717, 1.165) is 4.90 Å². The zero-order chi connectivity index (χ0) is 22.3. The molecule has 0 aromatic heterocycles. The van der Waals surface area contributed by atoms with E-state index >= 15 is 0 Å². The highest BCUT2D eigenvalue weighted by Gasteiger charge is 2.65. The van der Waals surface area contributed by atoms with Crippen LogP contribution in [0.2, 0.25) is 0 Å². The lowest BCUT2D eigenvalue weighted by atomic mass is 9.94. The van der Waals surface area contributed by atoms with Crippen molar-refractivity contribution in [3.05, 3.63) is 65.2 Å². The number of nitrogens with zero attached hydrogens (tertiary/aromatic N) is 1. The van der Waals surface area contributed by atoms with Crippen molar-refractivity contribution in [1.82, 2.24) is 10.6 Å². The van der Waals surface area contributed by atoms with Gasteiger partial charge in [0, 0.05) is 11.1 Å². The van der Waals surface area contributed by atoms with Crippen LogP contribution in [0.25, 0.3) is 5.76 Å². The van der Waals surface area contributed by atoms with Gasteiger partial charge >= 0.3 is 5.91 Å². The molecule has 0 radical (unpaired) electrons. The van der Waals surface area contributed by atoms with Crippen LogP contribution in [0.4, 0.5) is 5.69 Å². The molecule has 0 saturated carbocycles. The van der Waals surface area contributed by atoms with Crippen LogP contribution in [0.1, 0.15) is 11.1 Å². The molecule has 2 saturated heterocycles. The van der Waals surface area contributed by atoms with Gasteiger partial charge in [-0.2, -0.15) is 0 Å². The maximum Gasteiger partial charge on any atom is 0.301 e. The predicted molar refractivity (Wildman–Crippen MR) is 114 cm³/mol. The number of Topliss-reactive ketones (excluding diaryl/α,β-unsaturated/α-hetero) is 1. The zero-order valence-electron chi connectivity index (χ0n) is 16.2. The van der Waals surface area contributed by atoms with Crippen molar-refractivity contribution in [1.29, 1.82) is 0 Å². The van der Waals surface area contributed by atoms with Gasteiger partial charge in [0.05, 0.1) is 19.4 Å². The molecule has 31 heavy (non-hydrogen) atoms. The topological polar surface area (TPSA) is 128 Å². The van der Waals surface area contributed by atoms with Gasteiger partial charge in [0.15, 0.2) is 5.11 Å². The number of anilines is 1. The van der Waals surface area contributed by atoms with E-state index in [1.807, 2.05) is 0 Å². The fourth-order valence-electron chi connectivity index (χ4n) is 3.74. The summed E-state index contributed by atoms with van der Waals surface area (Å²) in [5, 5.41) is 25.7. The minimum absolute atomic E-state index is 0.112. The highest BCUT2D eigenvalue weighted by atomic mass is 32.1. The minimum atomic E-state index is -2.11. The van der Waals surface area contributed by atoms with Gasteiger partial charge < -0.3 is 20.3 Å². The highest BCUT2D eigenvalue weighted by molar-refractivity contribution is 7.80. The fraction of sp³-hybridized carbons (Fsp3) is 0.143. The van der Waals surface area contributed by atoms with Gasteiger partial charge in [-0.15, -0.1) is 0 Å². The molecule has 2 aliphatic rings. The van der Waals surface area contributed by atoms with Crippen LogP contribution in [0.15, 0.2) is 54.1 Å². The zero-order valence-corrected chi connectivity index (χ0v) is 17.0. The van der Waals surface area contributed by atoms with E-state index in [9.17, 15) is 24.6 Å². The van der Waals surface area contributed by atoms with E-state index in [-0.39, 0.29) is 16.4 Å². The molecule has 2 heterocycles. The molecule has 9 nitrogen and oxygen atoms in total. The van der Waals surface area contributed by atoms with E-state index in [2.05, 4.69) is 10.6 Å². The van der Waals surface area contributed by atoms with Gasteiger partial charge in [0.1, 0.15) is 17.1 Å². The number of carbonyl (C=O) groups excluding carboxylic acids is 3. The largest absolute Gasteiger partial charge is 0.507 e. The number of aliphatic hydroxyl groups excluding tert-OH is 2. The number of methoxy groups -OCH3 is 1. The smallest absolute Gasteiger partial charge is 0.301 e. The summed E-state index contributed by atoms with van der Waals surface area (Å²) in [6, 6.07) is 12.4. The Balaban J connectivity index is 1.99. The van der Waals surface area contributed by atoms with Gasteiger partial charge in [-0.05, 0) is 42.5 Å². The molecule has 2 aliphatic heterocycles. The molecule has 1 atom stereocenters. The monoisotopic (exact) mass is 439 g/mol. The number of hydrogen-bond donors (Lipinski definition) is 4. The maximum atomic E-state index is 13.1. The number of benzene rings is 2. The Hall–Kier alpha value is -3.76. The van der Waals surface area contributed by atoms with Gasteiger partial charge in [0.2, 0.25) is 5.66 Å². The van der Waals surface area contributed by atoms with Crippen LogP contribution in [0.3, 0.4) is 0 Å². The number of hydrogen-bond acceptors (Lipinski definition) is 7. The average molecular weight is 439 g/mol. The number of para-hydroxylation sites is 1. The summed E-state index contributed by atoms with van der Waals surface area (Å²) < 4.78 is 5.09. The molecular weight excluding hydrogens is 422 g/mol. The predicted octanol–water partition coefficient (Wildman–Crippen LogP) is 0.773. The van der Waals surface area contributed by atoms with Crippen molar-refractivity contribution in [3.8, 4) is 5.75 Å². The second-order valence-corrected chi connectivity index (χ2v) is 7.24. The molecular formula is C21H17N3O6S. The molecule has 10 heteroatoms. The van der Waals surface area contributed by atoms with E-state index in [1.54, 1.807) is 30.3 Å². The number of carbonyl (C=O) groups is 3. The normalized spacial score (nSPS) is 22.1. The third kappa shape index (κ3) is 2.95. The van der Waals surface area contributed by atoms with Crippen molar-refractivity contribution in [3.63, 3.8) is 0 Å². The molecule has 1 spiro atoms. The Morgan fingerprint density at radius 1 is 1.13 bits per heavy atom. The first kappa shape index (κ1) is 20.5. The Labute approximate surface area is 181 Å². The summed E-state index contributed by atoms with van der Waals surface area (Å²) in [6.45, 7) is -0.445. The number of rotatable bonds is 4. The van der Waals surface area contributed by atoms with Gasteiger partial charge in [-0.3, -0.25) is 24.6 Å². The molecule has 4 rings (SSSR count). The quantitative estimate of drug-likeness (QED) is 0.238. The van der Waals surface area contributed by atoms with Crippen LogP contribution < -0.4 is 20.3 Å². The first-order chi connectivity index (χ1) is 14.8. The van der Waals surface area contributed by atoms with Crippen molar-refractivity contribution >= 4 is 46.4 Å². The van der Waals surface area contributed by atoms with Crippen LogP contribution in [-0.2, 0) is 21.0 Å². The second-order valence-electron chi connectivity index (χ2n) is 6.83. The molecule has 4 N–H and O–H groups in total. The maximum absolute atomic E-state index is 13.1. The Kier molecular flexibility index (Phi) is 4.96. The summed E-state index contributed by atoms with van der Waals surface area (Å²) in [4.78, 5) is 40.2. The van der Waals surface area contributed by atoms with E-state index < -0.39 is 41.2 Å². The van der Waals surface area contributed by atoms with Crippen LogP contribution >= 0.6 is 12.2 Å². The summed E-state index contributed by atoms with van der Waals surface area (Å²) in [6.07, 6.45) is 0. The van der Waals surface area contributed by atoms with E-state index in [0.29, 0.717) is 11.3 Å². The average Bonchev–Trinajstić information content (AvgIpc) is 3.19. The molecule has 0 bridgehead atoms. The number of thiocarbonyl (C=S) groups is 1. The number of amides is 2. The third-order valence-electron chi connectivity index (χ3n) is 5.17. The van der Waals surface area contributed by atoms with E-state index in [1.165, 1.54) is 25.3 Å². The van der Waals surface area contributed by atoms with Crippen LogP contribution in [-0.4, -0.2) is 45.7 Å². The fourth-order valence-corrected chi connectivity index (χ4v) is 3.98. The number of nitrogens with one attached hydrogen (secondary N) is 2. The Bertz CT molecular complexity index is 1160. The molecule has 2 aromatic rings. The van der Waals surface area contributed by atoms with Gasteiger partial charge in [-0.1, -0.05) is 18.2 Å². The summed E-state index contributed by atoms with van der Waals surface area (Å²) in [7, 11) is 1.48. The standard InChI is InChI=1S/C21H17N3O6S/c1-30-13-8-6-11(7-9-13)16(26)15-17(27)18(28)24(14-5-3-2-4-12(14)10-25)21(15)19(29)22-20(31)23-21/h2-9,25-26H,10H2,1H3,(H2,22,23,29,31)/b16-15-. The molecule has 0 aliphatic carbocycles. The van der Waals surface area contributed by atoms with Crippen LogP contribution in [0.5, 0.6) is 5.75 Å². The lowest BCUT2D eigenvalue weighted by molar-refractivity contribution is -0.132. The summed E-state index contributed by atoms with van der Waals surface area (Å²) >= 11 is 5.07. The Morgan fingerprint density at radius 3 is 2.39 bits per heavy atom. The number of aliphatic hydroxyl groups is 2. The van der Waals surface area contributed by atoms with Gasteiger partial charge in [-0.25, -0.2) is 0 Å². The first-order valence-corrected chi connectivity index (χ1v) is 9.55. The van der Waals surface area contributed by atoms with Gasteiger partial charge in [0.25, 0.3) is 11.7 Å². The molecule has 2 fully saturated rings. The van der Waals surface area contributed by atoms with Crippen molar-refractivity contribution in [2.75, 3.05) is 12.0 Å². The van der Waals surface area contributed by atoms with Crippen molar-refractivity contribution < 1.29 is 29.3 Å². The first-order valence-electron chi connectivity index (χ1n) is 9.14. The second kappa shape index (κ2) is 7.49. The third-order valence-corrected chi connectivity index (χ3v) is 5.38. The van der Waals surface area contributed by atoms with E-state index in [4.69, 9.17) is 17.0 Å². The molecule has 2 aromatic carbocycles. The SMILES string of the molecule is COc1ccc(/C(O)=C2\C(=O)C(=O)N(c3ccccc3CO)C23NC(=S)NC3=O)cc1. The lowest BCUT2D eigenvalue weighted by Gasteiger charge is -2.33. The minimum Gasteiger partial charge on any atom is -0.507 e. The summed E-state index contributed by atoms with van der Waals surface area (Å²) in [5.41, 5.74) is -1.94. The number of ketones is 1. The molecule has 158 valence electrons.